The number of hydrogen-bond acceptors (Lipinski definition) is 5. The van der Waals surface area contributed by atoms with Crippen LogP contribution >= 0.6 is 11.8 Å². The lowest BCUT2D eigenvalue weighted by molar-refractivity contribution is 0.204. The van der Waals surface area contributed by atoms with Gasteiger partial charge in [0.2, 0.25) is 0 Å². The molecule has 0 unspecified atom stereocenters. The normalized spacial score (nSPS) is 12.1. The quantitative estimate of drug-likeness (QED) is 0.385. The van der Waals surface area contributed by atoms with Crippen molar-refractivity contribution in [2.75, 3.05) is 5.75 Å². The second-order valence-corrected chi connectivity index (χ2v) is 8.24. The molecule has 0 saturated carbocycles. The van der Waals surface area contributed by atoms with E-state index in [4.69, 9.17) is 0 Å². The molecule has 5 nitrogen and oxygen atoms in total. The minimum Gasteiger partial charge on any atom is -0.388 e. The van der Waals surface area contributed by atoms with Crippen LogP contribution in [0.2, 0.25) is 0 Å². The van der Waals surface area contributed by atoms with E-state index in [9.17, 15) is 5.11 Å². The molecule has 0 aliphatic carbocycles. The number of para-hydroxylation sites is 1. The van der Waals surface area contributed by atoms with Crippen LogP contribution in [-0.4, -0.2) is 30.6 Å². The van der Waals surface area contributed by atoms with Crippen LogP contribution in [0.5, 0.6) is 0 Å². The number of pyridine rings is 1. The lowest BCUT2D eigenvalue weighted by Gasteiger charge is -2.18. The van der Waals surface area contributed by atoms with E-state index < -0.39 is 6.10 Å². The molecule has 0 saturated heterocycles. The monoisotopic (exact) mass is 430 g/mol. The zero-order chi connectivity index (χ0) is 21.6. The summed E-state index contributed by atoms with van der Waals surface area (Å²) in [7, 11) is 0. The molecule has 0 bridgehead atoms. The Morgan fingerprint density at radius 2 is 1.65 bits per heavy atom. The van der Waals surface area contributed by atoms with Crippen molar-refractivity contribution in [1.29, 1.82) is 0 Å². The predicted molar refractivity (Wildman–Crippen MR) is 125 cm³/mol. The Kier molecular flexibility index (Phi) is 6.79. The van der Waals surface area contributed by atoms with E-state index in [1.807, 2.05) is 48.7 Å². The van der Waals surface area contributed by atoms with Gasteiger partial charge >= 0.3 is 0 Å². The van der Waals surface area contributed by atoms with Crippen molar-refractivity contribution in [3.05, 3.63) is 89.7 Å². The molecule has 31 heavy (non-hydrogen) atoms. The zero-order valence-corrected chi connectivity index (χ0v) is 18.6. The average molecular weight is 431 g/mol. The highest BCUT2D eigenvalue weighted by atomic mass is 32.2. The zero-order valence-electron chi connectivity index (χ0n) is 17.8. The summed E-state index contributed by atoms with van der Waals surface area (Å²) in [5.41, 5.74) is 5.44. The van der Waals surface area contributed by atoms with E-state index in [-0.39, 0.29) is 0 Å². The lowest BCUT2D eigenvalue weighted by atomic mass is 10.0. The number of aryl methyl sites for hydroxylation is 2. The number of rotatable bonds is 8. The predicted octanol–water partition coefficient (Wildman–Crippen LogP) is 5.28. The van der Waals surface area contributed by atoms with Gasteiger partial charge in [-0.05, 0) is 41.7 Å². The summed E-state index contributed by atoms with van der Waals surface area (Å²) in [6.07, 6.45) is 4.81. The molecule has 0 spiro atoms. The van der Waals surface area contributed by atoms with Gasteiger partial charge in [-0.2, -0.15) is 0 Å². The maximum Gasteiger partial charge on any atom is 0.196 e. The Bertz CT molecular complexity index is 1110. The second kappa shape index (κ2) is 9.90. The summed E-state index contributed by atoms with van der Waals surface area (Å²) in [6.45, 7) is 4.33. The first kappa shape index (κ1) is 21.3. The molecule has 158 valence electrons. The van der Waals surface area contributed by atoms with Crippen molar-refractivity contribution in [3.8, 4) is 17.1 Å². The molecule has 2 heterocycles. The van der Waals surface area contributed by atoms with Gasteiger partial charge < -0.3 is 5.11 Å². The summed E-state index contributed by atoms with van der Waals surface area (Å²) in [5.74, 6) is 1.26. The van der Waals surface area contributed by atoms with E-state index in [1.54, 1.807) is 6.20 Å². The summed E-state index contributed by atoms with van der Waals surface area (Å²) < 4.78 is 2.14. The van der Waals surface area contributed by atoms with E-state index in [1.165, 1.54) is 22.9 Å². The van der Waals surface area contributed by atoms with Gasteiger partial charge in [0.15, 0.2) is 11.0 Å². The minimum atomic E-state index is -0.578. The fourth-order valence-electron chi connectivity index (χ4n) is 3.67. The summed E-state index contributed by atoms with van der Waals surface area (Å²) >= 11 is 1.52. The Morgan fingerprint density at radius 1 is 0.903 bits per heavy atom. The molecule has 0 aliphatic heterocycles. The molecule has 2 aromatic heterocycles. The van der Waals surface area contributed by atoms with E-state index in [2.05, 4.69) is 51.8 Å². The van der Waals surface area contributed by atoms with Crippen molar-refractivity contribution >= 4 is 11.8 Å². The van der Waals surface area contributed by atoms with Gasteiger partial charge in [-0.1, -0.05) is 74.1 Å². The SMILES string of the molecule is CCc1cccc(CC)c1-n1c(SC[C@@H](O)c2ccccc2)nnc1-c1cccnc1. The number of benzene rings is 2. The first-order valence-electron chi connectivity index (χ1n) is 10.6. The van der Waals surface area contributed by atoms with Crippen LogP contribution in [-0.2, 0) is 12.8 Å². The molecule has 0 aliphatic rings. The van der Waals surface area contributed by atoms with Crippen molar-refractivity contribution in [2.45, 2.75) is 37.9 Å². The van der Waals surface area contributed by atoms with Crippen LogP contribution in [0, 0.1) is 0 Å². The highest BCUT2D eigenvalue weighted by molar-refractivity contribution is 7.99. The van der Waals surface area contributed by atoms with Gasteiger partial charge in [0.1, 0.15) is 0 Å². The molecule has 6 heteroatoms. The third kappa shape index (κ3) is 4.55. The maximum absolute atomic E-state index is 10.7. The number of aromatic nitrogens is 4. The first-order valence-corrected chi connectivity index (χ1v) is 11.5. The Morgan fingerprint density at radius 3 is 2.29 bits per heavy atom. The van der Waals surface area contributed by atoms with Crippen LogP contribution in [0.15, 0.2) is 78.2 Å². The number of thioether (sulfide) groups is 1. The van der Waals surface area contributed by atoms with Gasteiger partial charge in [0.25, 0.3) is 0 Å². The Labute approximate surface area is 187 Å². The van der Waals surface area contributed by atoms with E-state index >= 15 is 0 Å². The highest BCUT2D eigenvalue weighted by Crippen LogP contribution is 2.33. The highest BCUT2D eigenvalue weighted by Gasteiger charge is 2.21. The van der Waals surface area contributed by atoms with Gasteiger partial charge in [0.05, 0.1) is 11.8 Å². The summed E-state index contributed by atoms with van der Waals surface area (Å²) in [6, 6.07) is 20.1. The van der Waals surface area contributed by atoms with Crippen LogP contribution in [0.1, 0.15) is 36.6 Å². The first-order chi connectivity index (χ1) is 15.2. The fraction of sp³-hybridized carbons (Fsp3) is 0.240. The molecular weight excluding hydrogens is 404 g/mol. The minimum absolute atomic E-state index is 0.491. The number of hydrogen-bond donors (Lipinski definition) is 1. The fourth-order valence-corrected chi connectivity index (χ4v) is 4.58. The van der Waals surface area contributed by atoms with E-state index in [0.29, 0.717) is 5.75 Å². The standard InChI is InChI=1S/C25H26N4OS/c1-3-18-12-8-13-19(4-2)23(18)29-24(21-14-9-15-26-16-21)27-28-25(29)31-17-22(30)20-10-6-5-7-11-20/h5-16,22,30H,3-4,17H2,1-2H3/t22-/m1/s1. The topological polar surface area (TPSA) is 63.8 Å². The van der Waals surface area contributed by atoms with Crippen LogP contribution in [0.25, 0.3) is 17.1 Å². The molecule has 2 aromatic carbocycles. The molecule has 0 fully saturated rings. The maximum atomic E-state index is 10.7. The molecule has 0 radical (unpaired) electrons. The molecule has 4 aromatic rings. The smallest absolute Gasteiger partial charge is 0.196 e. The third-order valence-corrected chi connectivity index (χ3v) is 6.30. The number of nitrogens with zero attached hydrogens (tertiary/aromatic N) is 4. The second-order valence-electron chi connectivity index (χ2n) is 7.25. The lowest BCUT2D eigenvalue weighted by Crippen LogP contribution is -2.08. The Balaban J connectivity index is 1.78. The van der Waals surface area contributed by atoms with Gasteiger partial charge in [0, 0.05) is 23.7 Å². The van der Waals surface area contributed by atoms with Crippen LogP contribution in [0.3, 0.4) is 0 Å². The van der Waals surface area contributed by atoms with Gasteiger partial charge in [-0.15, -0.1) is 10.2 Å². The third-order valence-electron chi connectivity index (χ3n) is 5.30. The molecule has 0 amide bonds. The summed E-state index contributed by atoms with van der Waals surface area (Å²) in [4.78, 5) is 4.28. The van der Waals surface area contributed by atoms with Crippen molar-refractivity contribution in [2.24, 2.45) is 0 Å². The molecule has 1 N–H and O–H groups in total. The van der Waals surface area contributed by atoms with Crippen LogP contribution in [0.4, 0.5) is 0 Å². The molecule has 1 atom stereocenters. The molecular formula is C25H26N4OS. The van der Waals surface area contributed by atoms with E-state index in [0.717, 1.165) is 40.6 Å². The van der Waals surface area contributed by atoms with Crippen molar-refractivity contribution < 1.29 is 5.11 Å². The van der Waals surface area contributed by atoms with Crippen LogP contribution < -0.4 is 0 Å². The number of aliphatic hydroxyl groups excluding tert-OH is 1. The largest absolute Gasteiger partial charge is 0.388 e. The van der Waals surface area contributed by atoms with Gasteiger partial charge in [-0.25, -0.2) is 0 Å². The summed E-state index contributed by atoms with van der Waals surface area (Å²) in [5, 5.41) is 20.5. The average Bonchev–Trinajstić information content (AvgIpc) is 3.26. The van der Waals surface area contributed by atoms with Crippen molar-refractivity contribution in [1.82, 2.24) is 19.7 Å². The van der Waals surface area contributed by atoms with Gasteiger partial charge in [-0.3, -0.25) is 9.55 Å². The Hall–Kier alpha value is -2.96. The van der Waals surface area contributed by atoms with Crippen molar-refractivity contribution in [3.63, 3.8) is 0 Å². The number of aliphatic hydroxyl groups is 1. The molecule has 4 rings (SSSR count).